The first-order valence-electron chi connectivity index (χ1n) is 7.26. The third-order valence-corrected chi connectivity index (χ3v) is 4.06. The van der Waals surface area contributed by atoms with Gasteiger partial charge in [0, 0.05) is 17.5 Å². The molecule has 1 atom stereocenters. The van der Waals surface area contributed by atoms with Gasteiger partial charge in [-0.25, -0.2) is 0 Å². The van der Waals surface area contributed by atoms with Gasteiger partial charge in [0.25, 0.3) is 0 Å². The summed E-state index contributed by atoms with van der Waals surface area (Å²) >= 11 is 5.94. The Hall–Kier alpha value is -1.06. The van der Waals surface area contributed by atoms with Crippen molar-refractivity contribution >= 4 is 17.5 Å². The molecule has 0 saturated carbocycles. The summed E-state index contributed by atoms with van der Waals surface area (Å²) in [6, 6.07) is 7.76. The largest absolute Gasteiger partial charge is 0.347 e. The maximum absolute atomic E-state index is 12.1. The van der Waals surface area contributed by atoms with E-state index in [2.05, 4.69) is 19.2 Å². The molecular formula is C16H25ClN2O. The summed E-state index contributed by atoms with van der Waals surface area (Å²) < 4.78 is 0. The second-order valence-electron chi connectivity index (χ2n) is 5.36. The molecule has 0 aliphatic carbocycles. The molecule has 3 N–H and O–H groups in total. The molecule has 3 nitrogen and oxygen atoms in total. The molecular weight excluding hydrogens is 272 g/mol. The standard InChI is InChI=1S/C16H25ClN2O/c1-4-16(5-2,13-7-9-14(17)10-8-13)19-15(20)11-6-12(3)18/h7-10,12H,4-6,11,18H2,1-3H3,(H,19,20). The van der Waals surface area contributed by atoms with E-state index in [-0.39, 0.29) is 17.5 Å². The van der Waals surface area contributed by atoms with Crippen LogP contribution in [0.25, 0.3) is 0 Å². The smallest absolute Gasteiger partial charge is 0.220 e. The van der Waals surface area contributed by atoms with E-state index in [9.17, 15) is 4.79 Å². The zero-order chi connectivity index (χ0) is 15.2. The predicted octanol–water partition coefficient (Wildman–Crippen LogP) is 3.60. The van der Waals surface area contributed by atoms with Crippen LogP contribution in [0.2, 0.25) is 5.02 Å². The maximum Gasteiger partial charge on any atom is 0.220 e. The third kappa shape index (κ3) is 4.50. The fraction of sp³-hybridized carbons (Fsp3) is 0.562. The van der Waals surface area contributed by atoms with E-state index >= 15 is 0 Å². The number of hydrogen-bond acceptors (Lipinski definition) is 2. The lowest BCUT2D eigenvalue weighted by Gasteiger charge is -2.34. The lowest BCUT2D eigenvalue weighted by Crippen LogP contribution is -2.45. The molecule has 1 unspecified atom stereocenters. The number of carbonyl (C=O) groups is 1. The van der Waals surface area contributed by atoms with Crippen LogP contribution in [-0.4, -0.2) is 11.9 Å². The molecule has 1 aromatic carbocycles. The second-order valence-corrected chi connectivity index (χ2v) is 5.80. The highest BCUT2D eigenvalue weighted by atomic mass is 35.5. The summed E-state index contributed by atoms with van der Waals surface area (Å²) in [5, 5.41) is 3.89. The van der Waals surface area contributed by atoms with Crippen molar-refractivity contribution in [2.24, 2.45) is 5.73 Å². The van der Waals surface area contributed by atoms with Crippen molar-refractivity contribution in [3.63, 3.8) is 0 Å². The fourth-order valence-electron chi connectivity index (χ4n) is 2.36. The monoisotopic (exact) mass is 296 g/mol. The van der Waals surface area contributed by atoms with Gasteiger partial charge in [0.2, 0.25) is 5.91 Å². The summed E-state index contributed by atoms with van der Waals surface area (Å²) in [6.07, 6.45) is 2.85. The van der Waals surface area contributed by atoms with Crippen LogP contribution in [0.4, 0.5) is 0 Å². The molecule has 1 rings (SSSR count). The SMILES string of the molecule is CCC(CC)(NC(=O)CCC(C)N)c1ccc(Cl)cc1. The Morgan fingerprint density at radius 3 is 2.30 bits per heavy atom. The van der Waals surface area contributed by atoms with Crippen LogP contribution in [0.1, 0.15) is 52.0 Å². The first kappa shape index (κ1) is 17.0. The van der Waals surface area contributed by atoms with E-state index in [1.807, 2.05) is 31.2 Å². The number of rotatable bonds is 7. The lowest BCUT2D eigenvalue weighted by molar-refractivity contribution is -0.123. The number of nitrogens with one attached hydrogen (secondary N) is 1. The average Bonchev–Trinajstić information content (AvgIpc) is 2.43. The molecule has 0 bridgehead atoms. The van der Waals surface area contributed by atoms with Gasteiger partial charge in [0.15, 0.2) is 0 Å². The van der Waals surface area contributed by atoms with E-state index < -0.39 is 0 Å². The van der Waals surface area contributed by atoms with Crippen LogP contribution in [0.5, 0.6) is 0 Å². The molecule has 0 aliphatic heterocycles. The minimum absolute atomic E-state index is 0.0499. The van der Waals surface area contributed by atoms with Gasteiger partial charge in [-0.05, 0) is 43.9 Å². The lowest BCUT2D eigenvalue weighted by atomic mass is 9.84. The zero-order valence-corrected chi connectivity index (χ0v) is 13.3. The highest BCUT2D eigenvalue weighted by molar-refractivity contribution is 6.30. The van der Waals surface area contributed by atoms with Crippen molar-refractivity contribution in [1.82, 2.24) is 5.32 Å². The van der Waals surface area contributed by atoms with Crippen molar-refractivity contribution in [2.75, 3.05) is 0 Å². The van der Waals surface area contributed by atoms with Crippen LogP contribution in [-0.2, 0) is 10.3 Å². The molecule has 0 heterocycles. The van der Waals surface area contributed by atoms with Gasteiger partial charge in [0.05, 0.1) is 5.54 Å². The average molecular weight is 297 g/mol. The molecule has 0 fully saturated rings. The van der Waals surface area contributed by atoms with Crippen LogP contribution in [0.15, 0.2) is 24.3 Å². The zero-order valence-electron chi connectivity index (χ0n) is 12.6. The number of hydrogen-bond donors (Lipinski definition) is 2. The van der Waals surface area contributed by atoms with E-state index in [0.717, 1.165) is 18.4 Å². The van der Waals surface area contributed by atoms with E-state index in [1.165, 1.54) is 0 Å². The molecule has 0 aromatic heterocycles. The Morgan fingerprint density at radius 2 is 1.85 bits per heavy atom. The van der Waals surface area contributed by atoms with Crippen LogP contribution in [0, 0.1) is 0 Å². The Labute approximate surface area is 126 Å². The van der Waals surface area contributed by atoms with Gasteiger partial charge in [-0.15, -0.1) is 0 Å². The first-order chi connectivity index (χ1) is 9.43. The van der Waals surface area contributed by atoms with Gasteiger partial charge in [-0.2, -0.15) is 0 Å². The van der Waals surface area contributed by atoms with Crippen molar-refractivity contribution in [1.29, 1.82) is 0 Å². The molecule has 0 aliphatic rings. The fourth-order valence-corrected chi connectivity index (χ4v) is 2.49. The van der Waals surface area contributed by atoms with E-state index in [4.69, 9.17) is 17.3 Å². The van der Waals surface area contributed by atoms with Crippen molar-refractivity contribution in [3.05, 3.63) is 34.9 Å². The number of nitrogens with two attached hydrogens (primary N) is 1. The Balaban J connectivity index is 2.86. The Bertz CT molecular complexity index is 425. The van der Waals surface area contributed by atoms with E-state index in [1.54, 1.807) is 0 Å². The van der Waals surface area contributed by atoms with Gasteiger partial charge in [0.1, 0.15) is 0 Å². The number of benzene rings is 1. The summed E-state index contributed by atoms with van der Waals surface area (Å²) in [7, 11) is 0. The van der Waals surface area contributed by atoms with Crippen LogP contribution < -0.4 is 11.1 Å². The maximum atomic E-state index is 12.1. The molecule has 4 heteroatoms. The molecule has 112 valence electrons. The Kier molecular flexibility index (Phi) is 6.50. The quantitative estimate of drug-likeness (QED) is 0.808. The minimum atomic E-state index is -0.320. The van der Waals surface area contributed by atoms with Gasteiger partial charge >= 0.3 is 0 Å². The molecule has 0 radical (unpaired) electrons. The number of carbonyl (C=O) groups excluding carboxylic acids is 1. The Morgan fingerprint density at radius 1 is 1.30 bits per heavy atom. The third-order valence-electron chi connectivity index (χ3n) is 3.81. The van der Waals surface area contributed by atoms with Crippen molar-refractivity contribution < 1.29 is 4.79 Å². The molecule has 1 amide bonds. The van der Waals surface area contributed by atoms with Crippen molar-refractivity contribution in [2.45, 2.75) is 58.0 Å². The molecule has 1 aromatic rings. The summed E-state index contributed by atoms with van der Waals surface area (Å²) in [5.74, 6) is 0.0564. The molecule has 0 spiro atoms. The summed E-state index contributed by atoms with van der Waals surface area (Å²) in [6.45, 7) is 6.09. The predicted molar refractivity (Wildman–Crippen MR) is 84.7 cm³/mol. The molecule has 20 heavy (non-hydrogen) atoms. The highest BCUT2D eigenvalue weighted by Crippen LogP contribution is 2.29. The molecule has 0 saturated heterocycles. The summed E-state index contributed by atoms with van der Waals surface area (Å²) in [5.41, 5.74) is 6.48. The first-order valence-corrected chi connectivity index (χ1v) is 7.64. The van der Waals surface area contributed by atoms with E-state index in [0.29, 0.717) is 17.9 Å². The second kappa shape index (κ2) is 7.65. The van der Waals surface area contributed by atoms with Crippen LogP contribution in [0.3, 0.4) is 0 Å². The highest BCUT2D eigenvalue weighted by Gasteiger charge is 2.29. The number of halogens is 1. The van der Waals surface area contributed by atoms with Gasteiger partial charge < -0.3 is 11.1 Å². The number of amides is 1. The van der Waals surface area contributed by atoms with Gasteiger partial charge in [-0.3, -0.25) is 4.79 Å². The normalized spacial score (nSPS) is 13.1. The van der Waals surface area contributed by atoms with Gasteiger partial charge in [-0.1, -0.05) is 37.6 Å². The summed E-state index contributed by atoms with van der Waals surface area (Å²) in [4.78, 5) is 12.1. The minimum Gasteiger partial charge on any atom is -0.347 e. The topological polar surface area (TPSA) is 55.1 Å². The van der Waals surface area contributed by atoms with Crippen molar-refractivity contribution in [3.8, 4) is 0 Å². The van der Waals surface area contributed by atoms with Crippen LogP contribution >= 0.6 is 11.6 Å².